The highest BCUT2D eigenvalue weighted by Gasteiger charge is 1.96. The van der Waals surface area contributed by atoms with Crippen molar-refractivity contribution in [2.75, 3.05) is 6.61 Å². The summed E-state index contributed by atoms with van der Waals surface area (Å²) in [7, 11) is 0.00849. The lowest BCUT2D eigenvalue weighted by molar-refractivity contribution is 0.196. The zero-order chi connectivity index (χ0) is 9.23. The average Bonchev–Trinajstić information content (AvgIpc) is 2.08. The van der Waals surface area contributed by atoms with Gasteiger partial charge in [-0.25, -0.2) is 4.79 Å². The number of primary amides is 1. The summed E-state index contributed by atoms with van der Waals surface area (Å²) in [6.45, 7) is 4.14. The van der Waals surface area contributed by atoms with Crippen molar-refractivity contribution in [1.82, 2.24) is 0 Å². The first-order valence-electron chi connectivity index (χ1n) is 3.92. The van der Waals surface area contributed by atoms with Gasteiger partial charge in [-0.3, -0.25) is 0 Å². The van der Waals surface area contributed by atoms with E-state index in [0.29, 0.717) is 0 Å². The van der Waals surface area contributed by atoms with Crippen LogP contribution in [0.5, 0.6) is 0 Å². The van der Waals surface area contributed by atoms with Gasteiger partial charge in [-0.1, -0.05) is 13.0 Å². The standard InChI is InChI=1S/C4H10OSi.C3H5NO2/c1-2-4-6-5-3-1;1-2-6-3(4)5/h1-4,6H2;2H,1H2,(H2,4,5). The van der Waals surface area contributed by atoms with Crippen molar-refractivity contribution in [2.45, 2.75) is 18.9 Å². The molecule has 1 amide bonds. The Morgan fingerprint density at radius 3 is 2.50 bits per heavy atom. The van der Waals surface area contributed by atoms with Crippen LogP contribution in [0.25, 0.3) is 0 Å². The van der Waals surface area contributed by atoms with E-state index in [1.807, 2.05) is 0 Å². The molecule has 5 heteroatoms. The Bertz CT molecular complexity index is 125. The van der Waals surface area contributed by atoms with Crippen LogP contribution in [0.15, 0.2) is 12.8 Å². The third-order valence-electron chi connectivity index (χ3n) is 1.28. The van der Waals surface area contributed by atoms with Crippen LogP contribution in [0.2, 0.25) is 6.04 Å². The highest BCUT2D eigenvalue weighted by Crippen LogP contribution is 2.01. The predicted octanol–water partition coefficient (Wildman–Crippen LogP) is 0.524. The topological polar surface area (TPSA) is 61.6 Å². The van der Waals surface area contributed by atoms with Gasteiger partial charge in [0.15, 0.2) is 9.76 Å². The summed E-state index contributed by atoms with van der Waals surface area (Å²) in [5.41, 5.74) is 4.47. The molecule has 1 saturated heterocycles. The second-order valence-electron chi connectivity index (χ2n) is 2.28. The summed E-state index contributed by atoms with van der Waals surface area (Å²) < 4.78 is 9.15. The number of amides is 1. The van der Waals surface area contributed by atoms with Crippen molar-refractivity contribution < 1.29 is 14.0 Å². The van der Waals surface area contributed by atoms with E-state index in [2.05, 4.69) is 17.0 Å². The molecule has 0 aromatic heterocycles. The van der Waals surface area contributed by atoms with Gasteiger partial charge in [0.25, 0.3) is 0 Å². The first-order chi connectivity index (χ1) is 5.77. The molecule has 0 aromatic rings. The highest BCUT2D eigenvalue weighted by atomic mass is 28.2. The predicted molar refractivity (Wildman–Crippen MR) is 49.4 cm³/mol. The fourth-order valence-corrected chi connectivity index (χ4v) is 1.94. The van der Waals surface area contributed by atoms with Crippen molar-refractivity contribution >= 4 is 15.9 Å². The molecule has 1 aliphatic heterocycles. The van der Waals surface area contributed by atoms with Crippen LogP contribution in [0, 0.1) is 0 Å². The average molecular weight is 189 g/mol. The Morgan fingerprint density at radius 2 is 2.42 bits per heavy atom. The van der Waals surface area contributed by atoms with E-state index >= 15 is 0 Å². The van der Waals surface area contributed by atoms with Gasteiger partial charge in [0.1, 0.15) is 0 Å². The summed E-state index contributed by atoms with van der Waals surface area (Å²) in [5.74, 6) is 0. The van der Waals surface area contributed by atoms with Crippen LogP contribution in [-0.4, -0.2) is 22.5 Å². The van der Waals surface area contributed by atoms with E-state index in [9.17, 15) is 4.79 Å². The van der Waals surface area contributed by atoms with Crippen LogP contribution in [0.1, 0.15) is 12.8 Å². The van der Waals surface area contributed by atoms with Gasteiger partial charge < -0.3 is 14.9 Å². The summed E-state index contributed by atoms with van der Waals surface area (Å²) in [6, 6.07) is 1.42. The van der Waals surface area contributed by atoms with Gasteiger partial charge in [0, 0.05) is 6.61 Å². The number of nitrogens with two attached hydrogens (primary N) is 1. The summed E-state index contributed by atoms with van der Waals surface area (Å²) >= 11 is 0. The molecule has 0 aromatic carbocycles. The van der Waals surface area contributed by atoms with Crippen LogP contribution >= 0.6 is 0 Å². The molecule has 0 atom stereocenters. The third kappa shape index (κ3) is 9.19. The fourth-order valence-electron chi connectivity index (χ4n) is 0.769. The maximum atomic E-state index is 9.53. The first-order valence-corrected chi connectivity index (χ1v) is 5.50. The molecule has 1 heterocycles. The van der Waals surface area contributed by atoms with Crippen LogP contribution < -0.4 is 5.73 Å². The molecule has 0 aliphatic carbocycles. The van der Waals surface area contributed by atoms with Gasteiger partial charge in [-0.2, -0.15) is 0 Å². The number of rotatable bonds is 1. The van der Waals surface area contributed by atoms with Crippen LogP contribution in [0.3, 0.4) is 0 Å². The molecule has 0 spiro atoms. The zero-order valence-electron chi connectivity index (χ0n) is 7.12. The van der Waals surface area contributed by atoms with Crippen molar-refractivity contribution in [2.24, 2.45) is 5.73 Å². The molecule has 12 heavy (non-hydrogen) atoms. The number of hydrogen-bond donors (Lipinski definition) is 1. The van der Waals surface area contributed by atoms with Crippen molar-refractivity contribution in [3.05, 3.63) is 12.8 Å². The van der Waals surface area contributed by atoms with E-state index < -0.39 is 6.09 Å². The summed E-state index contributed by atoms with van der Waals surface area (Å²) in [5, 5.41) is 0. The minimum atomic E-state index is -0.829. The van der Waals surface area contributed by atoms with E-state index in [1.165, 1.54) is 18.9 Å². The van der Waals surface area contributed by atoms with Crippen molar-refractivity contribution in [3.63, 3.8) is 0 Å². The van der Waals surface area contributed by atoms with Crippen LogP contribution in [0.4, 0.5) is 4.79 Å². The van der Waals surface area contributed by atoms with Crippen LogP contribution in [-0.2, 0) is 9.16 Å². The fraction of sp³-hybridized carbons (Fsp3) is 0.571. The third-order valence-corrected chi connectivity index (χ3v) is 2.64. The molecule has 0 unspecified atom stereocenters. The molecule has 1 aliphatic rings. The minimum Gasteiger partial charge on any atom is -0.424 e. The quantitative estimate of drug-likeness (QED) is 0.483. The Kier molecular flexibility index (Phi) is 7.72. The Hall–Kier alpha value is -0.813. The molecular formula is C7H15NO3Si. The SMILES string of the molecule is C1CC[SiH2]OC1.C=COC(N)=O. The van der Waals surface area contributed by atoms with E-state index in [4.69, 9.17) is 4.43 Å². The molecule has 0 radical (unpaired) electrons. The second kappa shape index (κ2) is 8.29. The number of ether oxygens (including phenoxy) is 1. The van der Waals surface area contributed by atoms with Gasteiger partial charge in [-0.05, 0) is 12.5 Å². The van der Waals surface area contributed by atoms with Gasteiger partial charge in [-0.15, -0.1) is 0 Å². The molecule has 70 valence electrons. The number of carbonyl (C=O) groups is 1. The monoisotopic (exact) mass is 189 g/mol. The Morgan fingerprint density at radius 1 is 1.67 bits per heavy atom. The van der Waals surface area contributed by atoms with Crippen molar-refractivity contribution in [3.8, 4) is 0 Å². The molecule has 2 N–H and O–H groups in total. The number of hydrogen-bond acceptors (Lipinski definition) is 3. The highest BCUT2D eigenvalue weighted by molar-refractivity contribution is 6.27. The summed E-state index contributed by atoms with van der Waals surface area (Å²) in [6.07, 6.45) is 2.90. The zero-order valence-corrected chi connectivity index (χ0v) is 8.54. The molecule has 4 nitrogen and oxygen atoms in total. The lowest BCUT2D eigenvalue weighted by Gasteiger charge is -2.07. The maximum absolute atomic E-state index is 9.53. The lowest BCUT2D eigenvalue weighted by Crippen LogP contribution is -2.08. The molecular weight excluding hydrogens is 174 g/mol. The van der Waals surface area contributed by atoms with E-state index in [1.54, 1.807) is 0 Å². The smallest absolute Gasteiger partial charge is 0.409 e. The Labute approximate surface area is 74.7 Å². The molecule has 0 saturated carbocycles. The van der Waals surface area contributed by atoms with Crippen molar-refractivity contribution in [1.29, 1.82) is 0 Å². The van der Waals surface area contributed by atoms with E-state index in [0.717, 1.165) is 12.9 Å². The molecule has 0 bridgehead atoms. The van der Waals surface area contributed by atoms with Gasteiger partial charge >= 0.3 is 6.09 Å². The summed E-state index contributed by atoms with van der Waals surface area (Å²) in [4.78, 5) is 9.53. The van der Waals surface area contributed by atoms with Gasteiger partial charge in [0.2, 0.25) is 0 Å². The van der Waals surface area contributed by atoms with Gasteiger partial charge in [0.05, 0.1) is 6.26 Å². The normalized spacial score (nSPS) is 17.3. The number of carbonyl (C=O) groups excluding carboxylic acids is 1. The first kappa shape index (κ1) is 11.2. The largest absolute Gasteiger partial charge is 0.424 e. The Balaban J connectivity index is 0.000000202. The van der Waals surface area contributed by atoms with E-state index in [-0.39, 0.29) is 9.76 Å². The second-order valence-corrected chi connectivity index (χ2v) is 3.80. The minimum absolute atomic E-state index is 0.00849. The molecule has 1 fully saturated rings. The maximum Gasteiger partial charge on any atom is 0.409 e. The molecule has 1 rings (SSSR count). The lowest BCUT2D eigenvalue weighted by atomic mass is 10.4.